The predicted molar refractivity (Wildman–Crippen MR) is 64.3 cm³/mol. The second-order valence-electron chi connectivity index (χ2n) is 4.39. The number of halogens is 2. The molecule has 0 radical (unpaired) electrons. The summed E-state index contributed by atoms with van der Waals surface area (Å²) >= 11 is 0. The fourth-order valence-electron chi connectivity index (χ4n) is 1.81. The Labute approximate surface area is 101 Å². The lowest BCUT2D eigenvalue weighted by molar-refractivity contribution is -0.00440. The molecule has 0 aliphatic rings. The molecule has 0 saturated heterocycles. The molecule has 0 aliphatic heterocycles. The standard InChI is InChI=1S/C13H19F2NO/c1-8-4-5-11(9(2)6-8)10(3)16-7-12(17)13(14)15/h4-6,10,12-13,16-17H,7H2,1-3H3. The molecule has 0 amide bonds. The van der Waals surface area contributed by atoms with Gasteiger partial charge in [-0.3, -0.25) is 0 Å². The van der Waals surface area contributed by atoms with E-state index >= 15 is 0 Å². The first-order valence-corrected chi connectivity index (χ1v) is 5.68. The van der Waals surface area contributed by atoms with Crippen LogP contribution >= 0.6 is 0 Å². The van der Waals surface area contributed by atoms with Crippen molar-refractivity contribution >= 4 is 0 Å². The molecule has 0 aliphatic carbocycles. The quantitative estimate of drug-likeness (QED) is 0.833. The van der Waals surface area contributed by atoms with Crippen molar-refractivity contribution in [2.75, 3.05) is 6.54 Å². The van der Waals surface area contributed by atoms with E-state index in [1.54, 1.807) is 0 Å². The average Bonchev–Trinajstić information content (AvgIpc) is 2.25. The number of rotatable bonds is 5. The minimum atomic E-state index is -2.70. The minimum absolute atomic E-state index is 0.0519. The maximum absolute atomic E-state index is 12.1. The van der Waals surface area contributed by atoms with Crippen molar-refractivity contribution in [2.24, 2.45) is 0 Å². The summed E-state index contributed by atoms with van der Waals surface area (Å²) in [6.45, 7) is 5.79. The first kappa shape index (κ1) is 14.1. The zero-order valence-corrected chi connectivity index (χ0v) is 10.4. The fraction of sp³-hybridized carbons (Fsp3) is 0.538. The Balaban J connectivity index is 2.61. The van der Waals surface area contributed by atoms with Crippen LogP contribution in [-0.2, 0) is 0 Å². The summed E-state index contributed by atoms with van der Waals surface area (Å²) in [4.78, 5) is 0. The van der Waals surface area contributed by atoms with Crippen LogP contribution in [0.25, 0.3) is 0 Å². The number of alkyl halides is 2. The van der Waals surface area contributed by atoms with Gasteiger partial charge in [-0.2, -0.15) is 0 Å². The average molecular weight is 243 g/mol. The van der Waals surface area contributed by atoms with E-state index in [-0.39, 0.29) is 12.6 Å². The van der Waals surface area contributed by atoms with E-state index < -0.39 is 12.5 Å². The molecule has 2 unspecified atom stereocenters. The molecule has 0 bridgehead atoms. The van der Waals surface area contributed by atoms with Gasteiger partial charge < -0.3 is 10.4 Å². The SMILES string of the molecule is Cc1ccc(C(C)NCC(O)C(F)F)c(C)c1. The van der Waals surface area contributed by atoms with Gasteiger partial charge in [0.25, 0.3) is 6.43 Å². The Kier molecular flexibility index (Phi) is 5.02. The Hall–Kier alpha value is -1.00. The van der Waals surface area contributed by atoms with Gasteiger partial charge in [-0.15, -0.1) is 0 Å². The summed E-state index contributed by atoms with van der Waals surface area (Å²) in [5.74, 6) is 0. The molecule has 2 nitrogen and oxygen atoms in total. The van der Waals surface area contributed by atoms with Gasteiger partial charge in [-0.05, 0) is 31.9 Å². The van der Waals surface area contributed by atoms with Gasteiger partial charge in [-0.1, -0.05) is 23.8 Å². The van der Waals surface area contributed by atoms with Crippen LogP contribution < -0.4 is 5.32 Å². The number of nitrogens with one attached hydrogen (secondary N) is 1. The molecular formula is C13H19F2NO. The third-order valence-electron chi connectivity index (χ3n) is 2.82. The number of benzene rings is 1. The third-order valence-corrected chi connectivity index (χ3v) is 2.82. The summed E-state index contributed by atoms with van der Waals surface area (Å²) in [6, 6.07) is 5.97. The minimum Gasteiger partial charge on any atom is -0.386 e. The zero-order chi connectivity index (χ0) is 13.0. The highest BCUT2D eigenvalue weighted by Gasteiger charge is 2.18. The molecule has 0 saturated carbocycles. The molecule has 0 spiro atoms. The number of aliphatic hydroxyl groups is 1. The van der Waals surface area contributed by atoms with Crippen LogP contribution in [0, 0.1) is 13.8 Å². The van der Waals surface area contributed by atoms with Gasteiger partial charge in [-0.25, -0.2) is 8.78 Å². The Morgan fingerprint density at radius 1 is 1.29 bits per heavy atom. The molecule has 96 valence electrons. The van der Waals surface area contributed by atoms with E-state index in [1.165, 1.54) is 5.56 Å². The van der Waals surface area contributed by atoms with Crippen LogP contribution in [0.1, 0.15) is 29.7 Å². The first-order valence-electron chi connectivity index (χ1n) is 5.68. The number of hydrogen-bond acceptors (Lipinski definition) is 2. The van der Waals surface area contributed by atoms with Gasteiger partial charge in [0.1, 0.15) is 6.10 Å². The lowest BCUT2D eigenvalue weighted by Gasteiger charge is -2.19. The summed E-state index contributed by atoms with van der Waals surface area (Å²) in [5, 5.41) is 11.9. The van der Waals surface area contributed by atoms with Crippen LogP contribution in [0.15, 0.2) is 18.2 Å². The summed E-state index contributed by atoms with van der Waals surface area (Å²) in [5.41, 5.74) is 3.36. The molecule has 2 N–H and O–H groups in total. The van der Waals surface area contributed by atoms with Crippen molar-refractivity contribution in [3.8, 4) is 0 Å². The van der Waals surface area contributed by atoms with E-state index in [0.717, 1.165) is 11.1 Å². The Morgan fingerprint density at radius 3 is 2.47 bits per heavy atom. The zero-order valence-electron chi connectivity index (χ0n) is 10.4. The smallest absolute Gasteiger partial charge is 0.265 e. The highest BCUT2D eigenvalue weighted by Crippen LogP contribution is 2.18. The number of hydrogen-bond donors (Lipinski definition) is 2. The second kappa shape index (κ2) is 6.07. The highest BCUT2D eigenvalue weighted by atomic mass is 19.3. The van der Waals surface area contributed by atoms with Gasteiger partial charge in [0, 0.05) is 12.6 Å². The topological polar surface area (TPSA) is 32.3 Å². The molecule has 1 rings (SSSR count). The largest absolute Gasteiger partial charge is 0.386 e. The van der Waals surface area contributed by atoms with Crippen LogP contribution in [0.2, 0.25) is 0 Å². The number of aliphatic hydroxyl groups excluding tert-OH is 1. The lowest BCUT2D eigenvalue weighted by atomic mass is 10.0. The van der Waals surface area contributed by atoms with Crippen molar-refractivity contribution < 1.29 is 13.9 Å². The van der Waals surface area contributed by atoms with Crippen LogP contribution in [0.4, 0.5) is 8.78 Å². The third kappa shape index (κ3) is 4.06. The molecule has 2 atom stereocenters. The highest BCUT2D eigenvalue weighted by molar-refractivity contribution is 5.32. The molecule has 4 heteroatoms. The van der Waals surface area contributed by atoms with Crippen LogP contribution in [-0.4, -0.2) is 24.2 Å². The van der Waals surface area contributed by atoms with Gasteiger partial charge >= 0.3 is 0 Å². The summed E-state index contributed by atoms with van der Waals surface area (Å²) in [6.07, 6.45) is -4.31. The molecule has 0 aromatic heterocycles. The van der Waals surface area contributed by atoms with Crippen LogP contribution in [0.5, 0.6) is 0 Å². The normalized spacial score (nSPS) is 15.0. The van der Waals surface area contributed by atoms with E-state index in [1.807, 2.05) is 32.9 Å². The van der Waals surface area contributed by atoms with E-state index in [2.05, 4.69) is 11.4 Å². The predicted octanol–water partition coefficient (Wildman–Crippen LogP) is 2.58. The summed E-state index contributed by atoms with van der Waals surface area (Å²) in [7, 11) is 0. The first-order chi connectivity index (χ1) is 7.91. The maximum Gasteiger partial charge on any atom is 0.265 e. The van der Waals surface area contributed by atoms with Gasteiger partial charge in [0.2, 0.25) is 0 Å². The van der Waals surface area contributed by atoms with Crippen molar-refractivity contribution in [1.82, 2.24) is 5.32 Å². The molecule has 17 heavy (non-hydrogen) atoms. The van der Waals surface area contributed by atoms with Crippen LogP contribution in [0.3, 0.4) is 0 Å². The molecular weight excluding hydrogens is 224 g/mol. The van der Waals surface area contributed by atoms with E-state index in [4.69, 9.17) is 5.11 Å². The van der Waals surface area contributed by atoms with Crippen molar-refractivity contribution in [1.29, 1.82) is 0 Å². The molecule has 0 heterocycles. The summed E-state index contributed by atoms with van der Waals surface area (Å²) < 4.78 is 24.2. The van der Waals surface area contributed by atoms with E-state index in [0.29, 0.717) is 0 Å². The fourth-order valence-corrected chi connectivity index (χ4v) is 1.81. The van der Waals surface area contributed by atoms with Crippen molar-refractivity contribution in [2.45, 2.75) is 39.3 Å². The number of aryl methyl sites for hydroxylation is 2. The molecule has 0 fully saturated rings. The second-order valence-corrected chi connectivity index (χ2v) is 4.39. The molecule has 1 aromatic rings. The Morgan fingerprint density at radius 2 is 1.94 bits per heavy atom. The monoisotopic (exact) mass is 243 g/mol. The van der Waals surface area contributed by atoms with E-state index in [9.17, 15) is 8.78 Å². The lowest BCUT2D eigenvalue weighted by Crippen LogP contribution is -2.33. The van der Waals surface area contributed by atoms with Crippen molar-refractivity contribution in [3.05, 3.63) is 34.9 Å². The van der Waals surface area contributed by atoms with Gasteiger partial charge in [0.15, 0.2) is 0 Å². The Bertz CT molecular complexity index is 368. The maximum atomic E-state index is 12.1. The van der Waals surface area contributed by atoms with Gasteiger partial charge in [0.05, 0.1) is 0 Å². The molecule has 1 aromatic carbocycles. The van der Waals surface area contributed by atoms with Crippen molar-refractivity contribution in [3.63, 3.8) is 0 Å².